The Morgan fingerprint density at radius 3 is 2.52 bits per heavy atom. The normalized spacial score (nSPS) is 14.9. The molecular weight excluding hydrogens is 388 g/mol. The first-order valence-electron chi connectivity index (χ1n) is 10.9. The van der Waals surface area contributed by atoms with Crippen molar-refractivity contribution in [1.82, 2.24) is 15.0 Å². The molecule has 1 aliphatic rings. The van der Waals surface area contributed by atoms with Crippen LogP contribution in [0.5, 0.6) is 5.75 Å². The maximum Gasteiger partial charge on any atom is 0.151 e. The van der Waals surface area contributed by atoms with Crippen LogP contribution in [0, 0.1) is 6.92 Å². The highest BCUT2D eigenvalue weighted by atomic mass is 16.5. The molecule has 0 spiro atoms. The molecule has 4 rings (SSSR count). The van der Waals surface area contributed by atoms with E-state index in [1.54, 1.807) is 7.11 Å². The second-order valence-corrected chi connectivity index (χ2v) is 8.28. The molecule has 1 saturated heterocycles. The third-order valence-electron chi connectivity index (χ3n) is 5.94. The molecule has 1 fully saturated rings. The van der Waals surface area contributed by atoms with E-state index >= 15 is 0 Å². The zero-order valence-corrected chi connectivity index (χ0v) is 18.8. The Bertz CT molecular complexity index is 962. The first-order chi connectivity index (χ1) is 15.1. The summed E-state index contributed by atoms with van der Waals surface area (Å²) in [6.45, 7) is 9.29. The van der Waals surface area contributed by atoms with Crippen molar-refractivity contribution in [3.8, 4) is 17.0 Å². The number of para-hydroxylation sites is 1. The van der Waals surface area contributed by atoms with Gasteiger partial charge in [-0.3, -0.25) is 9.80 Å². The fourth-order valence-electron chi connectivity index (χ4n) is 4.01. The summed E-state index contributed by atoms with van der Waals surface area (Å²) >= 11 is 0. The van der Waals surface area contributed by atoms with Crippen LogP contribution in [-0.2, 0) is 6.54 Å². The summed E-state index contributed by atoms with van der Waals surface area (Å²) in [7, 11) is 3.81. The van der Waals surface area contributed by atoms with Crippen LogP contribution >= 0.6 is 0 Å². The van der Waals surface area contributed by atoms with Crippen molar-refractivity contribution in [1.29, 1.82) is 0 Å². The molecule has 0 aliphatic carbocycles. The Hall–Kier alpha value is -2.83. The molecule has 31 heavy (non-hydrogen) atoms. The number of benzene rings is 2. The summed E-state index contributed by atoms with van der Waals surface area (Å²) in [6.07, 6.45) is 0. The number of hydrogen-bond acceptors (Lipinski definition) is 6. The van der Waals surface area contributed by atoms with Gasteiger partial charge in [0.2, 0.25) is 0 Å². The van der Waals surface area contributed by atoms with Crippen LogP contribution in [0.4, 0.5) is 5.69 Å². The molecule has 1 aliphatic heterocycles. The van der Waals surface area contributed by atoms with E-state index in [1.165, 1.54) is 11.3 Å². The van der Waals surface area contributed by atoms with Gasteiger partial charge in [0.15, 0.2) is 5.76 Å². The number of aromatic nitrogens is 1. The van der Waals surface area contributed by atoms with Gasteiger partial charge in [-0.05, 0) is 38.2 Å². The molecule has 164 valence electrons. The van der Waals surface area contributed by atoms with Crippen molar-refractivity contribution in [2.75, 3.05) is 58.3 Å². The highest BCUT2D eigenvalue weighted by Gasteiger charge is 2.18. The molecule has 0 bridgehead atoms. The zero-order chi connectivity index (χ0) is 21.6. The highest BCUT2D eigenvalue weighted by molar-refractivity contribution is 5.66. The van der Waals surface area contributed by atoms with Crippen LogP contribution in [0.3, 0.4) is 0 Å². The van der Waals surface area contributed by atoms with Crippen molar-refractivity contribution >= 4 is 5.69 Å². The lowest BCUT2D eigenvalue weighted by molar-refractivity contribution is 0.202. The minimum Gasteiger partial charge on any atom is -0.496 e. The molecule has 1 aromatic heterocycles. The number of hydrogen-bond donors (Lipinski definition) is 0. The van der Waals surface area contributed by atoms with Gasteiger partial charge >= 0.3 is 0 Å². The minimum absolute atomic E-state index is 0.742. The average molecular weight is 421 g/mol. The molecule has 0 unspecified atom stereocenters. The summed E-state index contributed by atoms with van der Waals surface area (Å²) in [6, 6.07) is 18.7. The predicted octanol–water partition coefficient (Wildman–Crippen LogP) is 3.91. The molecule has 2 heterocycles. The number of piperazine rings is 1. The number of methoxy groups -OCH3 is 1. The number of aryl methyl sites for hydroxylation is 1. The summed E-state index contributed by atoms with van der Waals surface area (Å²) in [5.74, 6) is 1.67. The first-order valence-corrected chi connectivity index (χ1v) is 10.9. The average Bonchev–Trinajstić information content (AvgIpc) is 3.27. The highest BCUT2D eigenvalue weighted by Crippen LogP contribution is 2.29. The predicted molar refractivity (Wildman–Crippen MR) is 125 cm³/mol. The SMILES string of the molecule is COc1ccccc1-c1cc(CN(C)CCN2CCN(c3ccc(C)cc3)CC2)on1. The molecule has 0 radical (unpaired) electrons. The van der Waals surface area contributed by atoms with Crippen LogP contribution in [0.15, 0.2) is 59.1 Å². The number of ether oxygens (including phenoxy) is 1. The van der Waals surface area contributed by atoms with Crippen molar-refractivity contribution in [3.63, 3.8) is 0 Å². The Labute approximate surface area is 185 Å². The maximum absolute atomic E-state index is 5.58. The molecule has 0 saturated carbocycles. The Morgan fingerprint density at radius 2 is 1.77 bits per heavy atom. The second kappa shape index (κ2) is 9.98. The van der Waals surface area contributed by atoms with E-state index in [-0.39, 0.29) is 0 Å². The number of anilines is 1. The van der Waals surface area contributed by atoms with Crippen molar-refractivity contribution in [2.24, 2.45) is 0 Å². The third kappa shape index (κ3) is 5.46. The first kappa shape index (κ1) is 21.4. The van der Waals surface area contributed by atoms with E-state index < -0.39 is 0 Å². The van der Waals surface area contributed by atoms with Crippen LogP contribution < -0.4 is 9.64 Å². The monoisotopic (exact) mass is 420 g/mol. The van der Waals surface area contributed by atoms with Gasteiger partial charge in [0.25, 0.3) is 0 Å². The van der Waals surface area contributed by atoms with E-state index in [2.05, 4.69) is 58.1 Å². The van der Waals surface area contributed by atoms with Crippen molar-refractivity contribution in [2.45, 2.75) is 13.5 Å². The number of nitrogens with zero attached hydrogens (tertiary/aromatic N) is 4. The van der Waals surface area contributed by atoms with E-state index in [0.29, 0.717) is 0 Å². The van der Waals surface area contributed by atoms with Gasteiger partial charge in [-0.15, -0.1) is 0 Å². The van der Waals surface area contributed by atoms with Gasteiger partial charge in [-0.25, -0.2) is 0 Å². The van der Waals surface area contributed by atoms with E-state index in [1.807, 2.05) is 30.3 Å². The molecule has 2 aromatic carbocycles. The van der Waals surface area contributed by atoms with E-state index in [9.17, 15) is 0 Å². The van der Waals surface area contributed by atoms with E-state index in [4.69, 9.17) is 9.26 Å². The quantitative estimate of drug-likeness (QED) is 0.551. The van der Waals surface area contributed by atoms with Crippen LogP contribution in [0.1, 0.15) is 11.3 Å². The second-order valence-electron chi connectivity index (χ2n) is 8.28. The summed E-state index contributed by atoms with van der Waals surface area (Å²) in [5, 5.41) is 4.24. The lowest BCUT2D eigenvalue weighted by Crippen LogP contribution is -2.48. The molecule has 0 atom stereocenters. The summed E-state index contributed by atoms with van der Waals surface area (Å²) in [5.41, 5.74) is 4.41. The summed E-state index contributed by atoms with van der Waals surface area (Å²) in [4.78, 5) is 7.31. The van der Waals surface area contributed by atoms with E-state index in [0.717, 1.165) is 68.6 Å². The van der Waals surface area contributed by atoms with Crippen LogP contribution in [-0.4, -0.2) is 68.4 Å². The Balaban J connectivity index is 1.23. The molecular formula is C25H32N4O2. The smallest absolute Gasteiger partial charge is 0.151 e. The lowest BCUT2D eigenvalue weighted by atomic mass is 10.1. The minimum atomic E-state index is 0.742. The summed E-state index contributed by atoms with van der Waals surface area (Å²) < 4.78 is 11.0. The van der Waals surface area contributed by atoms with Crippen LogP contribution in [0.2, 0.25) is 0 Å². The third-order valence-corrected chi connectivity index (χ3v) is 5.94. The number of likely N-dealkylation sites (N-methyl/N-ethyl adjacent to an activating group) is 1. The topological polar surface area (TPSA) is 45.0 Å². The zero-order valence-electron chi connectivity index (χ0n) is 18.8. The van der Waals surface area contributed by atoms with Crippen molar-refractivity contribution < 1.29 is 9.26 Å². The van der Waals surface area contributed by atoms with Gasteiger partial charge in [-0.1, -0.05) is 35.0 Å². The fraction of sp³-hybridized carbons (Fsp3) is 0.400. The van der Waals surface area contributed by atoms with Gasteiger partial charge in [0.05, 0.1) is 13.7 Å². The molecule has 3 aromatic rings. The molecule has 6 heteroatoms. The maximum atomic E-state index is 5.58. The lowest BCUT2D eigenvalue weighted by Gasteiger charge is -2.36. The molecule has 0 N–H and O–H groups in total. The molecule has 6 nitrogen and oxygen atoms in total. The van der Waals surface area contributed by atoms with Crippen LogP contribution in [0.25, 0.3) is 11.3 Å². The van der Waals surface area contributed by atoms with Gasteiger partial charge < -0.3 is 14.2 Å². The Morgan fingerprint density at radius 1 is 1.03 bits per heavy atom. The van der Waals surface area contributed by atoms with Gasteiger partial charge in [-0.2, -0.15) is 0 Å². The Kier molecular flexibility index (Phi) is 6.89. The standard InChI is InChI=1S/C25H32N4O2/c1-20-8-10-21(11-9-20)29-16-14-28(15-17-29)13-12-27(2)19-22-18-24(26-31-22)23-6-4-5-7-25(23)30-3/h4-11,18H,12-17,19H2,1-3H3. The largest absolute Gasteiger partial charge is 0.496 e. The number of rotatable bonds is 8. The fourth-order valence-corrected chi connectivity index (χ4v) is 4.01. The van der Waals surface area contributed by atoms with Crippen molar-refractivity contribution in [3.05, 3.63) is 65.9 Å². The molecule has 0 amide bonds. The van der Waals surface area contributed by atoms with Gasteiger partial charge in [0, 0.05) is 56.6 Å². The van der Waals surface area contributed by atoms with Gasteiger partial charge in [0.1, 0.15) is 11.4 Å².